The first kappa shape index (κ1) is 10.6. The van der Waals surface area contributed by atoms with Gasteiger partial charge in [-0.3, -0.25) is 0 Å². The van der Waals surface area contributed by atoms with E-state index in [1.165, 1.54) is 17.2 Å². The maximum Gasteiger partial charge on any atom is 0.0670 e. The molecule has 2 aromatic rings. The lowest BCUT2D eigenvalue weighted by atomic mass is 10.1. The van der Waals surface area contributed by atoms with Gasteiger partial charge in [-0.15, -0.1) is 11.3 Å². The van der Waals surface area contributed by atoms with E-state index >= 15 is 0 Å². The Labute approximate surface area is 113 Å². The van der Waals surface area contributed by atoms with E-state index in [2.05, 4.69) is 68.8 Å². The van der Waals surface area contributed by atoms with E-state index in [1.54, 1.807) is 11.3 Å². The molecule has 0 unspecified atom stereocenters. The Hall–Kier alpha value is 0.130. The van der Waals surface area contributed by atoms with Gasteiger partial charge in [0.1, 0.15) is 0 Å². The van der Waals surface area contributed by atoms with Crippen molar-refractivity contribution < 1.29 is 0 Å². The summed E-state index contributed by atoms with van der Waals surface area (Å²) in [6.45, 7) is 0. The third-order valence-corrected chi connectivity index (χ3v) is 6.01. The molecule has 1 aromatic carbocycles. The first-order chi connectivity index (χ1) is 6.74. The number of fused-ring (bicyclic) bond motifs is 1. The second-order valence-corrected chi connectivity index (χ2v) is 5.99. The zero-order chi connectivity index (χ0) is 10.1. The van der Waals surface area contributed by atoms with Gasteiger partial charge in [-0.05, 0) is 68.3 Å². The van der Waals surface area contributed by atoms with E-state index in [4.69, 9.17) is 5.26 Å². The summed E-state index contributed by atoms with van der Waals surface area (Å²) in [6, 6.07) is 6.46. The molecule has 2 rings (SSSR count). The van der Waals surface area contributed by atoms with Crippen molar-refractivity contribution in [1.82, 2.24) is 0 Å². The van der Waals surface area contributed by atoms with Gasteiger partial charge in [-0.25, -0.2) is 0 Å². The Morgan fingerprint density at radius 3 is 2.93 bits per heavy atom. The maximum atomic E-state index is 8.73. The number of hydrogen-bond acceptors (Lipinski definition) is 2. The van der Waals surface area contributed by atoms with Crippen molar-refractivity contribution >= 4 is 66.6 Å². The minimum Gasteiger partial charge on any atom is -0.198 e. The Kier molecular flexibility index (Phi) is 3.29. The van der Waals surface area contributed by atoms with Crippen molar-refractivity contribution in [2.24, 2.45) is 0 Å². The highest BCUT2D eigenvalue weighted by atomic mass is 127. The molecule has 0 N–H and O–H groups in total. The average molecular weight is 425 g/mol. The van der Waals surface area contributed by atoms with Gasteiger partial charge in [0.15, 0.2) is 0 Å². The van der Waals surface area contributed by atoms with E-state index in [1.807, 2.05) is 0 Å². The van der Waals surface area contributed by atoms with E-state index in [0.717, 1.165) is 5.56 Å². The van der Waals surface area contributed by atoms with Crippen LogP contribution in [0.2, 0.25) is 0 Å². The van der Waals surface area contributed by atoms with E-state index in [-0.39, 0.29) is 0 Å². The monoisotopic (exact) mass is 425 g/mol. The topological polar surface area (TPSA) is 23.8 Å². The van der Waals surface area contributed by atoms with Crippen molar-refractivity contribution in [3.63, 3.8) is 0 Å². The number of thiophene rings is 1. The summed E-state index contributed by atoms with van der Waals surface area (Å²) in [4.78, 5) is 0. The van der Waals surface area contributed by atoms with Crippen molar-refractivity contribution in [2.45, 2.75) is 6.42 Å². The van der Waals surface area contributed by atoms with Crippen LogP contribution in [-0.4, -0.2) is 0 Å². The van der Waals surface area contributed by atoms with Crippen LogP contribution < -0.4 is 0 Å². The van der Waals surface area contributed by atoms with Gasteiger partial charge < -0.3 is 0 Å². The predicted octanol–water partition coefficient (Wildman–Crippen LogP) is 4.18. The van der Waals surface area contributed by atoms with Crippen molar-refractivity contribution in [3.8, 4) is 6.07 Å². The van der Waals surface area contributed by atoms with Gasteiger partial charge in [-0.1, -0.05) is 0 Å². The number of rotatable bonds is 1. The van der Waals surface area contributed by atoms with Crippen LogP contribution in [0.5, 0.6) is 0 Å². The van der Waals surface area contributed by atoms with Gasteiger partial charge in [0.05, 0.1) is 12.5 Å². The average Bonchev–Trinajstić information content (AvgIpc) is 2.63. The van der Waals surface area contributed by atoms with Crippen LogP contribution in [0.3, 0.4) is 0 Å². The molecular formula is C10H5I2NS. The molecule has 70 valence electrons. The first-order valence-corrected chi connectivity index (χ1v) is 6.99. The van der Waals surface area contributed by atoms with Gasteiger partial charge in [0.25, 0.3) is 0 Å². The number of nitrogens with zero attached hydrogens (tertiary/aromatic N) is 1. The molecule has 0 saturated heterocycles. The molecule has 1 aromatic heterocycles. The Balaban J connectivity index is 2.79. The number of benzene rings is 1. The minimum absolute atomic E-state index is 0.504. The standard InChI is InChI=1S/C10H5I2NS/c11-8-5-6(1-3-13)10-7(9(8)12)2-4-14-10/h2,4-5H,1H2. The summed E-state index contributed by atoms with van der Waals surface area (Å²) in [5.41, 5.74) is 1.15. The molecular weight excluding hydrogens is 420 g/mol. The lowest BCUT2D eigenvalue weighted by Gasteiger charge is -2.03. The molecule has 0 bridgehead atoms. The SMILES string of the molecule is N#CCc1cc(I)c(I)c2ccsc12. The largest absolute Gasteiger partial charge is 0.198 e. The molecule has 0 fully saturated rings. The van der Waals surface area contributed by atoms with Crippen LogP contribution in [0.4, 0.5) is 0 Å². The Morgan fingerprint density at radius 1 is 1.43 bits per heavy atom. The summed E-state index contributed by atoms with van der Waals surface area (Å²) in [7, 11) is 0. The second-order valence-electron chi connectivity index (χ2n) is 2.83. The third kappa shape index (κ3) is 1.77. The molecule has 0 radical (unpaired) electrons. The highest BCUT2D eigenvalue weighted by molar-refractivity contribution is 14.1. The van der Waals surface area contributed by atoms with Crippen LogP contribution >= 0.6 is 56.5 Å². The normalized spacial score (nSPS) is 10.4. The Morgan fingerprint density at radius 2 is 2.21 bits per heavy atom. The van der Waals surface area contributed by atoms with Crippen LogP contribution in [0, 0.1) is 18.5 Å². The summed E-state index contributed by atoms with van der Waals surface area (Å²) >= 11 is 6.40. The molecule has 0 amide bonds. The quantitative estimate of drug-likeness (QED) is 0.630. The zero-order valence-corrected chi connectivity index (χ0v) is 12.2. The fraction of sp³-hybridized carbons (Fsp3) is 0.100. The molecule has 14 heavy (non-hydrogen) atoms. The van der Waals surface area contributed by atoms with Crippen LogP contribution in [0.25, 0.3) is 10.1 Å². The number of halogens is 2. The zero-order valence-electron chi connectivity index (χ0n) is 7.05. The molecule has 0 atom stereocenters. The fourth-order valence-electron chi connectivity index (χ4n) is 1.36. The van der Waals surface area contributed by atoms with Gasteiger partial charge in [0, 0.05) is 17.2 Å². The minimum atomic E-state index is 0.504. The van der Waals surface area contributed by atoms with Crippen LogP contribution in [0.15, 0.2) is 17.5 Å². The van der Waals surface area contributed by atoms with Crippen molar-refractivity contribution in [3.05, 3.63) is 30.2 Å². The number of hydrogen-bond donors (Lipinski definition) is 0. The molecule has 0 aliphatic heterocycles. The van der Waals surface area contributed by atoms with Gasteiger partial charge >= 0.3 is 0 Å². The number of nitriles is 1. The lowest BCUT2D eigenvalue weighted by molar-refractivity contribution is 1.29. The molecule has 0 saturated carbocycles. The van der Waals surface area contributed by atoms with Gasteiger partial charge in [0.2, 0.25) is 0 Å². The Bertz CT molecular complexity index is 525. The van der Waals surface area contributed by atoms with Crippen molar-refractivity contribution in [2.75, 3.05) is 0 Å². The maximum absolute atomic E-state index is 8.73. The van der Waals surface area contributed by atoms with E-state index < -0.39 is 0 Å². The second kappa shape index (κ2) is 4.33. The van der Waals surface area contributed by atoms with Crippen molar-refractivity contribution in [1.29, 1.82) is 5.26 Å². The van der Waals surface area contributed by atoms with E-state index in [9.17, 15) is 0 Å². The van der Waals surface area contributed by atoms with E-state index in [0.29, 0.717) is 6.42 Å². The fourth-order valence-corrected chi connectivity index (χ4v) is 3.73. The summed E-state index contributed by atoms with van der Waals surface area (Å²) in [5.74, 6) is 0. The van der Waals surface area contributed by atoms with Crippen LogP contribution in [-0.2, 0) is 6.42 Å². The smallest absolute Gasteiger partial charge is 0.0670 e. The molecule has 1 nitrogen and oxygen atoms in total. The molecule has 0 aliphatic carbocycles. The molecule has 0 spiro atoms. The highest BCUT2D eigenvalue weighted by Gasteiger charge is 2.09. The predicted molar refractivity (Wildman–Crippen MR) is 76.6 cm³/mol. The van der Waals surface area contributed by atoms with Crippen LogP contribution in [0.1, 0.15) is 5.56 Å². The highest BCUT2D eigenvalue weighted by Crippen LogP contribution is 2.32. The summed E-state index contributed by atoms with van der Waals surface area (Å²) in [6.07, 6.45) is 0.504. The first-order valence-electron chi connectivity index (χ1n) is 3.95. The molecule has 1 heterocycles. The molecule has 4 heteroatoms. The summed E-state index contributed by atoms with van der Waals surface area (Å²) < 4.78 is 3.79. The lowest BCUT2D eigenvalue weighted by Crippen LogP contribution is -1.87. The third-order valence-electron chi connectivity index (χ3n) is 1.97. The van der Waals surface area contributed by atoms with Gasteiger partial charge in [-0.2, -0.15) is 5.26 Å². The molecule has 0 aliphatic rings. The summed E-state index contributed by atoms with van der Waals surface area (Å²) in [5, 5.41) is 12.1.